The average Bonchev–Trinajstić information content (AvgIpc) is 2.41. The van der Waals surface area contributed by atoms with Crippen molar-refractivity contribution in [3.8, 4) is 0 Å². The molecule has 19 heavy (non-hydrogen) atoms. The standard InChI is InChI=1S/C15H21FN2O/c1-11-2-4-12(5-3-11)8-9-17-15(19)13-6-7-14(16)18-10-13/h6-7,10-12H,2-5,8-9H2,1H3,(H,17,19). The summed E-state index contributed by atoms with van der Waals surface area (Å²) in [5.74, 6) is 0.864. The van der Waals surface area contributed by atoms with Crippen LogP contribution in [-0.2, 0) is 0 Å². The van der Waals surface area contributed by atoms with Gasteiger partial charge in [0.1, 0.15) is 0 Å². The molecule has 1 aliphatic rings. The van der Waals surface area contributed by atoms with Gasteiger partial charge in [0.15, 0.2) is 0 Å². The van der Waals surface area contributed by atoms with Crippen LogP contribution in [0.1, 0.15) is 49.4 Å². The van der Waals surface area contributed by atoms with Crippen molar-refractivity contribution in [2.75, 3.05) is 6.54 Å². The molecule has 1 aromatic heterocycles. The molecule has 0 atom stereocenters. The first-order valence-electron chi connectivity index (χ1n) is 7.05. The van der Waals surface area contributed by atoms with Gasteiger partial charge in [-0.15, -0.1) is 0 Å². The number of halogens is 1. The van der Waals surface area contributed by atoms with Crippen LogP contribution in [0.25, 0.3) is 0 Å². The lowest BCUT2D eigenvalue weighted by atomic mass is 9.81. The van der Waals surface area contributed by atoms with Gasteiger partial charge in [-0.1, -0.05) is 32.6 Å². The normalized spacial score (nSPS) is 23.1. The van der Waals surface area contributed by atoms with Crippen molar-refractivity contribution >= 4 is 5.91 Å². The molecular weight excluding hydrogens is 243 g/mol. The molecule has 1 heterocycles. The second kappa shape index (κ2) is 6.64. The fraction of sp³-hybridized carbons (Fsp3) is 0.600. The number of pyridine rings is 1. The third-order valence-corrected chi connectivity index (χ3v) is 3.96. The number of aromatic nitrogens is 1. The molecule has 1 fully saturated rings. The Morgan fingerprint density at radius 2 is 2.11 bits per heavy atom. The molecule has 1 N–H and O–H groups in total. The van der Waals surface area contributed by atoms with E-state index in [2.05, 4.69) is 17.2 Å². The van der Waals surface area contributed by atoms with Gasteiger partial charge in [0.05, 0.1) is 5.56 Å². The maximum absolute atomic E-state index is 12.6. The van der Waals surface area contributed by atoms with E-state index in [1.807, 2.05) is 0 Å². The van der Waals surface area contributed by atoms with E-state index in [1.165, 1.54) is 44.0 Å². The van der Waals surface area contributed by atoms with Crippen molar-refractivity contribution in [1.82, 2.24) is 10.3 Å². The molecule has 0 aliphatic heterocycles. The van der Waals surface area contributed by atoms with Crippen molar-refractivity contribution in [1.29, 1.82) is 0 Å². The molecule has 0 aromatic carbocycles. The number of amides is 1. The number of nitrogens with one attached hydrogen (secondary N) is 1. The lowest BCUT2D eigenvalue weighted by molar-refractivity contribution is 0.0949. The highest BCUT2D eigenvalue weighted by atomic mass is 19.1. The van der Waals surface area contributed by atoms with Crippen LogP contribution in [-0.4, -0.2) is 17.4 Å². The summed E-state index contributed by atoms with van der Waals surface area (Å²) in [6, 6.07) is 2.66. The smallest absolute Gasteiger partial charge is 0.252 e. The predicted molar refractivity (Wildman–Crippen MR) is 72.3 cm³/mol. The molecule has 2 rings (SSSR count). The van der Waals surface area contributed by atoms with E-state index in [-0.39, 0.29) is 5.91 Å². The average molecular weight is 264 g/mol. The van der Waals surface area contributed by atoms with Crippen LogP contribution in [0.4, 0.5) is 4.39 Å². The van der Waals surface area contributed by atoms with Gasteiger partial charge in [-0.25, -0.2) is 4.98 Å². The van der Waals surface area contributed by atoms with Crippen LogP contribution in [0.5, 0.6) is 0 Å². The lowest BCUT2D eigenvalue weighted by Crippen LogP contribution is -2.27. The summed E-state index contributed by atoms with van der Waals surface area (Å²) < 4.78 is 12.6. The van der Waals surface area contributed by atoms with Crippen LogP contribution < -0.4 is 5.32 Å². The van der Waals surface area contributed by atoms with Gasteiger partial charge in [-0.05, 0) is 30.4 Å². The Hall–Kier alpha value is -1.45. The topological polar surface area (TPSA) is 42.0 Å². The molecule has 1 saturated carbocycles. The minimum absolute atomic E-state index is 0.170. The zero-order valence-electron chi connectivity index (χ0n) is 11.4. The number of hydrogen-bond acceptors (Lipinski definition) is 2. The molecule has 0 spiro atoms. The minimum Gasteiger partial charge on any atom is -0.352 e. The minimum atomic E-state index is -0.562. The summed E-state index contributed by atoms with van der Waals surface area (Å²) in [6.07, 6.45) is 7.46. The number of carbonyl (C=O) groups is 1. The molecule has 3 nitrogen and oxygen atoms in total. The van der Waals surface area contributed by atoms with E-state index in [1.54, 1.807) is 0 Å². The second-order valence-electron chi connectivity index (χ2n) is 5.54. The fourth-order valence-electron chi connectivity index (χ4n) is 2.62. The number of nitrogens with zero attached hydrogens (tertiary/aromatic N) is 1. The Kier molecular flexibility index (Phi) is 4.88. The van der Waals surface area contributed by atoms with E-state index in [9.17, 15) is 9.18 Å². The zero-order chi connectivity index (χ0) is 13.7. The summed E-state index contributed by atoms with van der Waals surface area (Å²) in [5, 5.41) is 2.88. The lowest BCUT2D eigenvalue weighted by Gasteiger charge is -2.26. The largest absolute Gasteiger partial charge is 0.352 e. The molecule has 0 unspecified atom stereocenters. The summed E-state index contributed by atoms with van der Waals surface area (Å²) in [5.41, 5.74) is 0.415. The molecule has 104 valence electrons. The van der Waals surface area contributed by atoms with Crippen LogP contribution in [0.2, 0.25) is 0 Å². The zero-order valence-corrected chi connectivity index (χ0v) is 11.4. The van der Waals surface area contributed by atoms with Crippen molar-refractivity contribution in [3.63, 3.8) is 0 Å². The second-order valence-corrected chi connectivity index (χ2v) is 5.54. The van der Waals surface area contributed by atoms with Gasteiger partial charge < -0.3 is 5.32 Å². The number of carbonyl (C=O) groups excluding carboxylic acids is 1. The van der Waals surface area contributed by atoms with Crippen LogP contribution in [0.15, 0.2) is 18.3 Å². The van der Waals surface area contributed by atoms with Gasteiger partial charge in [0, 0.05) is 12.7 Å². The molecule has 1 aromatic rings. The summed E-state index contributed by atoms with van der Waals surface area (Å²) in [7, 11) is 0. The first kappa shape index (κ1) is 14.0. The van der Waals surface area contributed by atoms with Gasteiger partial charge >= 0.3 is 0 Å². The van der Waals surface area contributed by atoms with Crippen LogP contribution in [0.3, 0.4) is 0 Å². The van der Waals surface area contributed by atoms with E-state index in [0.29, 0.717) is 12.1 Å². The highest BCUT2D eigenvalue weighted by Gasteiger charge is 2.18. The highest BCUT2D eigenvalue weighted by Crippen LogP contribution is 2.29. The Balaban J connectivity index is 1.70. The van der Waals surface area contributed by atoms with Crippen molar-refractivity contribution < 1.29 is 9.18 Å². The van der Waals surface area contributed by atoms with Gasteiger partial charge in [0.2, 0.25) is 5.95 Å². The van der Waals surface area contributed by atoms with Crippen molar-refractivity contribution in [2.24, 2.45) is 11.8 Å². The van der Waals surface area contributed by atoms with Gasteiger partial charge in [0.25, 0.3) is 5.91 Å². The molecule has 4 heteroatoms. The summed E-state index contributed by atoms with van der Waals surface area (Å²) in [4.78, 5) is 15.3. The molecule has 0 radical (unpaired) electrons. The third kappa shape index (κ3) is 4.30. The van der Waals surface area contributed by atoms with Crippen LogP contribution in [0, 0.1) is 17.8 Å². The van der Waals surface area contributed by atoms with Crippen LogP contribution >= 0.6 is 0 Å². The highest BCUT2D eigenvalue weighted by molar-refractivity contribution is 5.93. The first-order chi connectivity index (χ1) is 9.15. The summed E-state index contributed by atoms with van der Waals surface area (Å²) in [6.45, 7) is 2.99. The molecular formula is C15H21FN2O. The molecule has 1 aliphatic carbocycles. The molecule has 1 amide bonds. The quantitative estimate of drug-likeness (QED) is 0.849. The van der Waals surface area contributed by atoms with Gasteiger partial charge in [-0.3, -0.25) is 4.79 Å². The van der Waals surface area contributed by atoms with Crippen molar-refractivity contribution in [2.45, 2.75) is 39.0 Å². The maximum Gasteiger partial charge on any atom is 0.252 e. The Morgan fingerprint density at radius 1 is 1.37 bits per heavy atom. The van der Waals surface area contributed by atoms with E-state index in [4.69, 9.17) is 0 Å². The number of hydrogen-bond donors (Lipinski definition) is 1. The third-order valence-electron chi connectivity index (χ3n) is 3.96. The fourth-order valence-corrected chi connectivity index (χ4v) is 2.62. The molecule has 0 bridgehead atoms. The first-order valence-corrected chi connectivity index (χ1v) is 7.05. The predicted octanol–water partition coefficient (Wildman–Crippen LogP) is 3.17. The van der Waals surface area contributed by atoms with Crippen molar-refractivity contribution in [3.05, 3.63) is 29.8 Å². The number of rotatable bonds is 4. The monoisotopic (exact) mass is 264 g/mol. The Morgan fingerprint density at radius 3 is 2.74 bits per heavy atom. The Bertz CT molecular complexity index is 411. The van der Waals surface area contributed by atoms with E-state index >= 15 is 0 Å². The van der Waals surface area contributed by atoms with Gasteiger partial charge in [-0.2, -0.15) is 4.39 Å². The maximum atomic E-state index is 12.6. The van der Waals surface area contributed by atoms with E-state index in [0.717, 1.165) is 18.3 Å². The molecule has 0 saturated heterocycles. The van der Waals surface area contributed by atoms with E-state index < -0.39 is 5.95 Å². The SMILES string of the molecule is CC1CCC(CCNC(=O)c2ccc(F)nc2)CC1. The summed E-state index contributed by atoms with van der Waals surface area (Å²) >= 11 is 0. The Labute approximate surface area is 113 Å².